The van der Waals surface area contributed by atoms with E-state index in [1.54, 1.807) is 21.6 Å². The highest BCUT2D eigenvalue weighted by molar-refractivity contribution is 6.35. The zero-order valence-electron chi connectivity index (χ0n) is 18.2. The molecular formula is C27H23N3O2. The van der Waals surface area contributed by atoms with Gasteiger partial charge >= 0.3 is 0 Å². The van der Waals surface area contributed by atoms with Crippen molar-refractivity contribution in [3.8, 4) is 5.69 Å². The van der Waals surface area contributed by atoms with Crippen LogP contribution in [0.1, 0.15) is 30.8 Å². The van der Waals surface area contributed by atoms with Crippen LogP contribution in [-0.2, 0) is 4.79 Å². The van der Waals surface area contributed by atoms with Crippen LogP contribution in [0.15, 0.2) is 77.6 Å². The van der Waals surface area contributed by atoms with Crippen molar-refractivity contribution in [2.24, 2.45) is 0 Å². The molecular weight excluding hydrogens is 398 g/mol. The Bertz CT molecular complexity index is 1450. The number of nitrogens with zero attached hydrogens (tertiary/aromatic N) is 3. The van der Waals surface area contributed by atoms with Gasteiger partial charge in [-0.2, -0.15) is 0 Å². The highest BCUT2D eigenvalue weighted by Crippen LogP contribution is 2.38. The van der Waals surface area contributed by atoms with Crippen LogP contribution in [0.2, 0.25) is 0 Å². The minimum absolute atomic E-state index is 0.0124. The van der Waals surface area contributed by atoms with Crippen LogP contribution in [0.3, 0.4) is 0 Å². The average Bonchev–Trinajstić information content (AvgIpc) is 3.06. The van der Waals surface area contributed by atoms with Gasteiger partial charge in [0.05, 0.1) is 27.9 Å². The van der Waals surface area contributed by atoms with Crippen LogP contribution in [-0.4, -0.2) is 21.5 Å². The minimum atomic E-state index is -0.161. The number of fused-ring (bicyclic) bond motifs is 2. The lowest BCUT2D eigenvalue weighted by atomic mass is 10.1. The largest absolute Gasteiger partial charge is 0.305 e. The van der Waals surface area contributed by atoms with E-state index in [2.05, 4.69) is 0 Å². The molecule has 1 aliphatic heterocycles. The van der Waals surface area contributed by atoms with Crippen molar-refractivity contribution in [1.82, 2.24) is 9.55 Å². The quantitative estimate of drug-likeness (QED) is 0.438. The van der Waals surface area contributed by atoms with E-state index in [4.69, 9.17) is 4.98 Å². The summed E-state index contributed by atoms with van der Waals surface area (Å²) in [5.41, 5.74) is 4.52. The number of carbonyl (C=O) groups is 1. The number of para-hydroxylation sites is 2. The van der Waals surface area contributed by atoms with Gasteiger partial charge in [-0.25, -0.2) is 4.98 Å². The van der Waals surface area contributed by atoms with E-state index in [0.717, 1.165) is 16.8 Å². The van der Waals surface area contributed by atoms with Gasteiger partial charge in [0.2, 0.25) is 0 Å². The van der Waals surface area contributed by atoms with Gasteiger partial charge in [-0.1, -0.05) is 48.0 Å². The highest BCUT2D eigenvalue weighted by Gasteiger charge is 2.34. The molecule has 0 radical (unpaired) electrons. The highest BCUT2D eigenvalue weighted by atomic mass is 16.2. The number of rotatable bonds is 3. The van der Waals surface area contributed by atoms with Crippen molar-refractivity contribution in [3.63, 3.8) is 0 Å². The van der Waals surface area contributed by atoms with Gasteiger partial charge in [-0.15, -0.1) is 0 Å². The summed E-state index contributed by atoms with van der Waals surface area (Å²) in [5.74, 6) is 0.348. The van der Waals surface area contributed by atoms with Crippen LogP contribution in [0.25, 0.3) is 28.2 Å². The van der Waals surface area contributed by atoms with Crippen LogP contribution in [0, 0.1) is 6.92 Å². The number of aromatic nitrogens is 2. The molecule has 5 rings (SSSR count). The van der Waals surface area contributed by atoms with Crippen LogP contribution in [0.5, 0.6) is 0 Å². The summed E-state index contributed by atoms with van der Waals surface area (Å²) in [5, 5.41) is 0.539. The third-order valence-corrected chi connectivity index (χ3v) is 5.79. The van der Waals surface area contributed by atoms with Crippen LogP contribution >= 0.6 is 0 Å². The zero-order chi connectivity index (χ0) is 22.4. The third kappa shape index (κ3) is 3.14. The first-order valence-electron chi connectivity index (χ1n) is 10.7. The summed E-state index contributed by atoms with van der Waals surface area (Å²) in [6.45, 7) is 5.99. The summed E-state index contributed by atoms with van der Waals surface area (Å²) in [4.78, 5) is 33.5. The Labute approximate surface area is 186 Å². The maximum Gasteiger partial charge on any atom is 0.266 e. The Kier molecular flexibility index (Phi) is 4.74. The predicted molar refractivity (Wildman–Crippen MR) is 129 cm³/mol. The summed E-state index contributed by atoms with van der Waals surface area (Å²) in [7, 11) is 0. The van der Waals surface area contributed by atoms with Crippen molar-refractivity contribution < 1.29 is 4.79 Å². The fourth-order valence-corrected chi connectivity index (χ4v) is 4.24. The molecule has 32 heavy (non-hydrogen) atoms. The summed E-state index contributed by atoms with van der Waals surface area (Å²) >= 11 is 0. The molecule has 0 bridgehead atoms. The molecule has 0 saturated carbocycles. The normalized spacial score (nSPS) is 14.6. The Morgan fingerprint density at radius 2 is 1.56 bits per heavy atom. The molecule has 5 heteroatoms. The zero-order valence-corrected chi connectivity index (χ0v) is 18.2. The lowest BCUT2D eigenvalue weighted by Crippen LogP contribution is -2.33. The monoisotopic (exact) mass is 421 g/mol. The van der Waals surface area contributed by atoms with E-state index < -0.39 is 0 Å². The maximum atomic E-state index is 13.5. The van der Waals surface area contributed by atoms with Gasteiger partial charge in [0.1, 0.15) is 5.82 Å². The first-order valence-corrected chi connectivity index (χ1v) is 10.7. The molecule has 4 aromatic rings. The number of amides is 1. The topological polar surface area (TPSA) is 55.2 Å². The maximum absolute atomic E-state index is 13.5. The van der Waals surface area contributed by atoms with Gasteiger partial charge in [0.25, 0.3) is 11.5 Å². The lowest BCUT2D eigenvalue weighted by Gasteiger charge is -2.21. The minimum Gasteiger partial charge on any atom is -0.305 e. The molecule has 2 heterocycles. The van der Waals surface area contributed by atoms with E-state index in [1.807, 2.05) is 87.5 Å². The molecule has 1 amide bonds. The number of hydrogen-bond acceptors (Lipinski definition) is 3. The number of anilines is 1. The molecule has 0 aliphatic carbocycles. The molecule has 0 spiro atoms. The van der Waals surface area contributed by atoms with Gasteiger partial charge in [0, 0.05) is 11.6 Å². The van der Waals surface area contributed by atoms with Crippen LogP contribution in [0.4, 0.5) is 5.69 Å². The number of hydrogen-bond donors (Lipinski definition) is 0. The summed E-state index contributed by atoms with van der Waals surface area (Å²) in [6.07, 6.45) is 1.75. The van der Waals surface area contributed by atoms with Crippen molar-refractivity contribution in [2.45, 2.75) is 26.8 Å². The fraction of sp³-hybridized carbons (Fsp3) is 0.148. The second-order valence-electron chi connectivity index (χ2n) is 8.31. The van der Waals surface area contributed by atoms with Gasteiger partial charge in [0.15, 0.2) is 0 Å². The Balaban J connectivity index is 1.80. The first kappa shape index (κ1) is 19.9. The molecule has 3 aromatic carbocycles. The molecule has 0 atom stereocenters. The molecule has 5 nitrogen and oxygen atoms in total. The lowest BCUT2D eigenvalue weighted by molar-refractivity contribution is -0.113. The standard InChI is InChI=1S/C27H23N3O2/c1-17(2)29-24-11-7-5-8-20(24)22(27(29)32)16-25-28-23-10-6-4-9-21(23)26(31)30(25)19-14-12-18(3)13-15-19/h4-17H,1-3H3/b22-16+. The van der Waals surface area contributed by atoms with Crippen molar-refractivity contribution in [1.29, 1.82) is 0 Å². The van der Waals surface area contributed by atoms with Crippen molar-refractivity contribution in [2.75, 3.05) is 4.90 Å². The molecule has 0 unspecified atom stereocenters. The van der Waals surface area contributed by atoms with Gasteiger partial charge in [-0.05, 0) is 57.2 Å². The SMILES string of the molecule is Cc1ccc(-n2c(/C=C3/C(=O)N(C(C)C)c4ccccc43)nc3ccccc3c2=O)cc1. The Hall–Kier alpha value is -3.99. The molecule has 0 N–H and O–H groups in total. The second-order valence-corrected chi connectivity index (χ2v) is 8.31. The second kappa shape index (κ2) is 7.61. The van der Waals surface area contributed by atoms with Crippen molar-refractivity contribution in [3.05, 3.63) is 100 Å². The molecule has 0 fully saturated rings. The summed E-state index contributed by atoms with van der Waals surface area (Å²) in [6, 6.07) is 22.8. The van der Waals surface area contributed by atoms with E-state index in [9.17, 15) is 9.59 Å². The predicted octanol–water partition coefficient (Wildman–Crippen LogP) is 4.99. The smallest absolute Gasteiger partial charge is 0.266 e. The van der Waals surface area contributed by atoms with E-state index in [0.29, 0.717) is 28.0 Å². The van der Waals surface area contributed by atoms with E-state index in [1.165, 1.54) is 0 Å². The summed E-state index contributed by atoms with van der Waals surface area (Å²) < 4.78 is 1.59. The molecule has 0 saturated heterocycles. The average molecular weight is 422 g/mol. The van der Waals surface area contributed by atoms with E-state index in [-0.39, 0.29) is 17.5 Å². The molecule has 1 aliphatic rings. The van der Waals surface area contributed by atoms with Gasteiger partial charge < -0.3 is 4.90 Å². The number of benzene rings is 3. The fourth-order valence-electron chi connectivity index (χ4n) is 4.24. The van der Waals surface area contributed by atoms with Gasteiger partial charge in [-0.3, -0.25) is 14.2 Å². The van der Waals surface area contributed by atoms with Crippen LogP contribution < -0.4 is 10.5 Å². The third-order valence-electron chi connectivity index (χ3n) is 5.79. The number of aryl methyl sites for hydroxylation is 1. The Morgan fingerprint density at radius 3 is 2.31 bits per heavy atom. The molecule has 1 aromatic heterocycles. The Morgan fingerprint density at radius 1 is 0.875 bits per heavy atom. The number of carbonyl (C=O) groups excluding carboxylic acids is 1. The van der Waals surface area contributed by atoms with Crippen molar-refractivity contribution >= 4 is 34.1 Å². The van der Waals surface area contributed by atoms with E-state index >= 15 is 0 Å². The first-order chi connectivity index (χ1) is 15.5. The molecule has 158 valence electrons.